The molecule has 35 heavy (non-hydrogen) atoms. The SMILES string of the molecule is CC(=O)O[C@H]1[C@H](OC(C)=O)[C@@H](C)O[C@@](C)(OOC(=O)Nc2ccc(C)cc2[N+](=O)[O-])[C@@H]1OC(C)=O. The maximum atomic E-state index is 12.3. The molecule has 5 atom stereocenters. The molecule has 0 bridgehead atoms. The Morgan fingerprint density at radius 1 is 1.03 bits per heavy atom. The fourth-order valence-corrected chi connectivity index (χ4v) is 3.49. The maximum Gasteiger partial charge on any atom is 0.443 e. The molecule has 14 heteroatoms. The average molecular weight is 498 g/mol. The lowest BCUT2D eigenvalue weighted by Crippen LogP contribution is -2.66. The molecule has 1 N–H and O–H groups in total. The molecule has 1 aliphatic heterocycles. The van der Waals surface area contributed by atoms with E-state index in [2.05, 4.69) is 5.32 Å². The Morgan fingerprint density at radius 2 is 1.60 bits per heavy atom. The van der Waals surface area contributed by atoms with Crippen LogP contribution in [0.3, 0.4) is 0 Å². The van der Waals surface area contributed by atoms with E-state index < -0.39 is 59.1 Å². The number of esters is 3. The quantitative estimate of drug-likeness (QED) is 0.191. The highest BCUT2D eigenvalue weighted by Crippen LogP contribution is 2.36. The highest BCUT2D eigenvalue weighted by atomic mass is 17.2. The number of anilines is 1. The second-order valence-electron chi connectivity index (χ2n) is 7.87. The molecular formula is C21H26N2O12. The molecular weight excluding hydrogens is 472 g/mol. The Balaban J connectivity index is 2.28. The molecule has 192 valence electrons. The summed E-state index contributed by atoms with van der Waals surface area (Å²) in [6, 6.07) is 4.09. The van der Waals surface area contributed by atoms with Crippen LogP contribution in [0.25, 0.3) is 0 Å². The van der Waals surface area contributed by atoms with Gasteiger partial charge < -0.3 is 18.9 Å². The summed E-state index contributed by atoms with van der Waals surface area (Å²) in [6.07, 6.45) is -6.38. The minimum Gasteiger partial charge on any atom is -0.456 e. The third-order valence-electron chi connectivity index (χ3n) is 4.79. The minimum absolute atomic E-state index is 0.165. The zero-order chi connectivity index (χ0) is 26.5. The molecule has 0 aromatic heterocycles. The first-order valence-electron chi connectivity index (χ1n) is 10.3. The van der Waals surface area contributed by atoms with E-state index in [9.17, 15) is 29.3 Å². The fourth-order valence-electron chi connectivity index (χ4n) is 3.49. The number of nitrogens with one attached hydrogen (secondary N) is 1. The van der Waals surface area contributed by atoms with Crippen LogP contribution in [-0.4, -0.2) is 59.1 Å². The predicted octanol–water partition coefficient (Wildman–Crippen LogP) is 2.31. The molecule has 0 unspecified atom stereocenters. The normalized spacial score (nSPS) is 25.7. The third-order valence-corrected chi connectivity index (χ3v) is 4.79. The Labute approximate surface area is 199 Å². The monoisotopic (exact) mass is 498 g/mol. The van der Waals surface area contributed by atoms with Gasteiger partial charge >= 0.3 is 24.0 Å². The Morgan fingerprint density at radius 3 is 2.14 bits per heavy atom. The lowest BCUT2D eigenvalue weighted by atomic mass is 9.93. The minimum atomic E-state index is -2.04. The van der Waals surface area contributed by atoms with Gasteiger partial charge in [-0.15, -0.1) is 4.89 Å². The van der Waals surface area contributed by atoms with Crippen molar-refractivity contribution in [3.63, 3.8) is 0 Å². The van der Waals surface area contributed by atoms with Crippen molar-refractivity contribution >= 4 is 35.4 Å². The van der Waals surface area contributed by atoms with Gasteiger partial charge in [0.2, 0.25) is 0 Å². The number of nitro groups is 1. The lowest BCUT2D eigenvalue weighted by Gasteiger charge is -2.47. The molecule has 1 amide bonds. The number of nitrogens with zero attached hydrogens (tertiary/aromatic N) is 1. The van der Waals surface area contributed by atoms with Crippen LogP contribution in [0.5, 0.6) is 0 Å². The summed E-state index contributed by atoms with van der Waals surface area (Å²) in [5.74, 6) is -4.38. The molecule has 0 radical (unpaired) electrons. The van der Waals surface area contributed by atoms with Crippen molar-refractivity contribution in [3.05, 3.63) is 33.9 Å². The van der Waals surface area contributed by atoms with Crippen LogP contribution in [0.4, 0.5) is 16.2 Å². The van der Waals surface area contributed by atoms with Crippen molar-refractivity contribution in [3.8, 4) is 0 Å². The highest BCUT2D eigenvalue weighted by Gasteiger charge is 2.59. The molecule has 1 aromatic carbocycles. The van der Waals surface area contributed by atoms with Gasteiger partial charge in [-0.3, -0.25) is 34.7 Å². The van der Waals surface area contributed by atoms with Gasteiger partial charge in [-0.05, 0) is 32.4 Å². The van der Waals surface area contributed by atoms with E-state index in [1.165, 1.54) is 32.0 Å². The maximum absolute atomic E-state index is 12.3. The Bertz CT molecular complexity index is 1010. The highest BCUT2D eigenvalue weighted by molar-refractivity contribution is 5.87. The number of nitro benzene ring substituents is 1. The number of carbonyl (C=O) groups is 4. The van der Waals surface area contributed by atoms with Crippen molar-refractivity contribution in [1.82, 2.24) is 0 Å². The molecule has 1 aromatic rings. The largest absolute Gasteiger partial charge is 0.456 e. The van der Waals surface area contributed by atoms with Crippen molar-refractivity contribution < 1.29 is 52.8 Å². The number of carbonyl (C=O) groups excluding carboxylic acids is 4. The molecule has 1 heterocycles. The summed E-state index contributed by atoms with van der Waals surface area (Å²) in [7, 11) is 0. The number of amides is 1. The number of aryl methyl sites for hydroxylation is 1. The Hall–Kier alpha value is -3.78. The van der Waals surface area contributed by atoms with Gasteiger partial charge in [0.15, 0.2) is 18.3 Å². The van der Waals surface area contributed by atoms with Crippen molar-refractivity contribution in [2.75, 3.05) is 5.32 Å². The zero-order valence-electron chi connectivity index (χ0n) is 19.9. The van der Waals surface area contributed by atoms with Gasteiger partial charge in [0.05, 0.1) is 11.0 Å². The van der Waals surface area contributed by atoms with E-state index in [4.69, 9.17) is 28.7 Å². The van der Waals surface area contributed by atoms with Crippen LogP contribution >= 0.6 is 0 Å². The number of ether oxygens (including phenoxy) is 4. The number of hydrogen-bond donors (Lipinski definition) is 1. The molecule has 14 nitrogen and oxygen atoms in total. The van der Waals surface area contributed by atoms with Gasteiger partial charge in [0.25, 0.3) is 11.5 Å². The third kappa shape index (κ3) is 7.10. The summed E-state index contributed by atoms with van der Waals surface area (Å²) in [6.45, 7) is 7.62. The van der Waals surface area contributed by atoms with Gasteiger partial charge in [-0.25, -0.2) is 4.79 Å². The first-order valence-corrected chi connectivity index (χ1v) is 10.3. The summed E-state index contributed by atoms with van der Waals surface area (Å²) in [5.41, 5.74) is 0.0428. The molecule has 0 aliphatic carbocycles. The van der Waals surface area contributed by atoms with Crippen molar-refractivity contribution in [2.45, 2.75) is 71.7 Å². The number of rotatable bonds is 7. The van der Waals surface area contributed by atoms with E-state index in [0.717, 1.165) is 20.8 Å². The van der Waals surface area contributed by atoms with Crippen LogP contribution in [0.15, 0.2) is 18.2 Å². The van der Waals surface area contributed by atoms with Crippen molar-refractivity contribution in [1.29, 1.82) is 0 Å². The van der Waals surface area contributed by atoms with Crippen LogP contribution in [0.2, 0.25) is 0 Å². The molecule has 0 saturated carbocycles. The van der Waals surface area contributed by atoms with E-state index >= 15 is 0 Å². The summed E-state index contributed by atoms with van der Waals surface area (Å²) < 4.78 is 21.4. The topological polar surface area (TPSA) is 179 Å². The van der Waals surface area contributed by atoms with Crippen LogP contribution in [0, 0.1) is 17.0 Å². The van der Waals surface area contributed by atoms with Gasteiger partial charge in [-0.2, -0.15) is 0 Å². The van der Waals surface area contributed by atoms with Crippen LogP contribution in [-0.2, 0) is 43.1 Å². The van der Waals surface area contributed by atoms with Gasteiger partial charge in [0, 0.05) is 26.8 Å². The fraction of sp³-hybridized carbons (Fsp3) is 0.524. The first kappa shape index (κ1) is 27.5. The predicted molar refractivity (Wildman–Crippen MR) is 115 cm³/mol. The van der Waals surface area contributed by atoms with E-state index in [1.807, 2.05) is 0 Å². The summed E-state index contributed by atoms with van der Waals surface area (Å²) >= 11 is 0. The Kier molecular flexibility index (Phi) is 8.71. The standard InChI is InChI=1S/C21H26N2O12/c1-10-7-8-15(16(9-10)23(28)29)22-20(27)34-35-21(6)19(32-14(5)26)18(31-13(4)25)17(11(2)33-21)30-12(3)24/h7-9,11,17-19H,1-6H3,(H,22,27)/t11-,17-,18+,19-,21+/m1/s1. The molecule has 1 aliphatic rings. The second kappa shape index (κ2) is 11.1. The van der Waals surface area contributed by atoms with Crippen LogP contribution < -0.4 is 5.32 Å². The van der Waals surface area contributed by atoms with Gasteiger partial charge in [0.1, 0.15) is 5.69 Å². The number of benzene rings is 1. The smallest absolute Gasteiger partial charge is 0.443 e. The second-order valence-corrected chi connectivity index (χ2v) is 7.87. The zero-order valence-corrected chi connectivity index (χ0v) is 19.9. The summed E-state index contributed by atoms with van der Waals surface area (Å²) in [4.78, 5) is 67.9. The average Bonchev–Trinajstić information content (AvgIpc) is 2.73. The van der Waals surface area contributed by atoms with E-state index in [1.54, 1.807) is 6.92 Å². The van der Waals surface area contributed by atoms with Crippen molar-refractivity contribution in [2.24, 2.45) is 0 Å². The summed E-state index contributed by atoms with van der Waals surface area (Å²) in [5, 5.41) is 13.4. The molecule has 1 fully saturated rings. The van der Waals surface area contributed by atoms with Crippen LogP contribution in [0.1, 0.15) is 40.2 Å². The van der Waals surface area contributed by atoms with E-state index in [0.29, 0.717) is 5.56 Å². The van der Waals surface area contributed by atoms with Gasteiger partial charge in [-0.1, -0.05) is 6.07 Å². The lowest BCUT2D eigenvalue weighted by molar-refractivity contribution is -0.445. The number of hydrogen-bond acceptors (Lipinski definition) is 12. The molecule has 1 saturated heterocycles. The first-order chi connectivity index (χ1) is 16.2. The van der Waals surface area contributed by atoms with E-state index in [-0.39, 0.29) is 11.4 Å². The molecule has 0 spiro atoms. The molecule has 2 rings (SSSR count).